The van der Waals surface area contributed by atoms with Gasteiger partial charge in [0.2, 0.25) is 0 Å². The zero-order valence-corrected chi connectivity index (χ0v) is 40.3. The van der Waals surface area contributed by atoms with Crippen LogP contribution < -0.4 is 15.8 Å². The SMILES string of the molecule is NCCOc1ccc(/C=C/C(=O)CO[C@@]2(C(=O)O)C[C@@H](O)[C@H]3OC[C@H](CCc4ccccc4)C[C@@]4(C(=O)/C=C/c5cc(O)c(O)cc5CO)O[C@]3(CN[C@@H]3CCCC5(CCCC5)C3)[C@@H]2C[C@@H]4CO)cc1O. The van der Waals surface area contributed by atoms with Gasteiger partial charge in [-0.15, -0.1) is 0 Å². The van der Waals surface area contributed by atoms with Crippen LogP contribution in [-0.4, -0.2) is 128 Å². The van der Waals surface area contributed by atoms with E-state index in [1.54, 1.807) is 6.07 Å². The number of ketones is 2. The second kappa shape index (κ2) is 22.3. The van der Waals surface area contributed by atoms with Crippen molar-refractivity contribution in [1.82, 2.24) is 5.32 Å². The first-order valence-corrected chi connectivity index (χ1v) is 25.2. The number of benzene rings is 3. The lowest BCUT2D eigenvalue weighted by Crippen LogP contribution is -2.80. The first-order valence-electron chi connectivity index (χ1n) is 25.2. The van der Waals surface area contributed by atoms with E-state index in [0.717, 1.165) is 56.9 Å². The third kappa shape index (κ3) is 11.0. The second-order valence-corrected chi connectivity index (χ2v) is 20.7. The monoisotopic (exact) mass is 982 g/mol. The zero-order valence-electron chi connectivity index (χ0n) is 40.3. The summed E-state index contributed by atoms with van der Waals surface area (Å²) in [5.74, 6) is -6.06. The summed E-state index contributed by atoms with van der Waals surface area (Å²) in [5, 5.41) is 80.6. The van der Waals surface area contributed by atoms with Crippen molar-refractivity contribution < 1.29 is 69.1 Å². The number of carbonyl (C=O) groups is 3. The van der Waals surface area contributed by atoms with E-state index in [1.807, 2.05) is 30.3 Å². The van der Waals surface area contributed by atoms with Crippen LogP contribution in [0.2, 0.25) is 0 Å². The number of ether oxygens (including phenoxy) is 4. The Morgan fingerprint density at radius 1 is 0.887 bits per heavy atom. The van der Waals surface area contributed by atoms with Crippen LogP contribution in [0.15, 0.2) is 72.8 Å². The summed E-state index contributed by atoms with van der Waals surface area (Å²) in [5.41, 5.74) is 1.80. The van der Waals surface area contributed by atoms with Crippen molar-refractivity contribution in [3.63, 3.8) is 0 Å². The van der Waals surface area contributed by atoms with E-state index in [-0.39, 0.29) is 79.1 Å². The summed E-state index contributed by atoms with van der Waals surface area (Å²) >= 11 is 0. The molecular formula is C55H70N2O14. The van der Waals surface area contributed by atoms with Gasteiger partial charge in [0, 0.05) is 44.0 Å². The number of aliphatic hydroxyl groups excluding tert-OH is 3. The summed E-state index contributed by atoms with van der Waals surface area (Å²) in [6.45, 7) is -1.39. The number of carbonyl (C=O) groups excluding carboxylic acids is 2. The Labute approximate surface area is 414 Å². The number of phenolic OH excluding ortho intramolecular Hbond substituents is 3. The van der Waals surface area contributed by atoms with Gasteiger partial charge in [-0.3, -0.25) is 9.59 Å². The van der Waals surface area contributed by atoms with Crippen LogP contribution in [0.1, 0.15) is 99.3 Å². The second-order valence-electron chi connectivity index (χ2n) is 20.7. The quantitative estimate of drug-likeness (QED) is 0.0510. The molecule has 0 unspecified atom stereocenters. The highest BCUT2D eigenvalue weighted by Crippen LogP contribution is 2.59. The molecule has 71 heavy (non-hydrogen) atoms. The number of phenols is 3. The number of nitrogens with two attached hydrogens (primary N) is 1. The molecule has 0 amide bonds. The number of fused-ring (bicyclic) bond motifs is 1. The first kappa shape index (κ1) is 52.2. The predicted molar refractivity (Wildman–Crippen MR) is 262 cm³/mol. The third-order valence-corrected chi connectivity index (χ3v) is 16.2. The minimum Gasteiger partial charge on any atom is -0.504 e. The summed E-state index contributed by atoms with van der Waals surface area (Å²) in [6, 6.07) is 16.8. The fourth-order valence-corrected chi connectivity index (χ4v) is 12.7. The normalized spacial score (nSPS) is 30.3. The molecule has 10 N–H and O–H groups in total. The van der Waals surface area contributed by atoms with Gasteiger partial charge in [0.1, 0.15) is 30.5 Å². The lowest BCUT2D eigenvalue weighted by molar-refractivity contribution is -0.345. The van der Waals surface area contributed by atoms with Gasteiger partial charge in [-0.1, -0.05) is 67.8 Å². The molecule has 2 aliphatic heterocycles. The standard InChI is InChI=1S/C55H70N2O14/c56-21-22-68-47-16-13-36(23-45(47)63)12-15-42(60)33-70-54(51(66)67)29-46(64)50-55(34-57-41-9-6-20-52(28-41)18-4-5-19-52)48(54)26-40(31-59)53(71-55,27-37(32-69-50)11-10-35-7-2-1-3-8-35)49(65)17-14-38-24-43(61)44(62)25-39(38)30-58/h1-3,7-8,12-17,23-25,37,40-41,46,48,50,57-59,61-64H,4-6,9-11,18-22,26-34,56H2,(H,66,67)/b15-12+,17-14+/t37-,40-,41-,46-,48-,50-,53-,54+,55-/m1/s1. The van der Waals surface area contributed by atoms with Crippen LogP contribution in [0.25, 0.3) is 12.2 Å². The molecule has 3 aromatic carbocycles. The number of hydrogen-bond donors (Lipinski definition) is 9. The van der Waals surface area contributed by atoms with Crippen molar-refractivity contribution in [2.75, 3.05) is 39.5 Å². The van der Waals surface area contributed by atoms with Crippen LogP contribution in [0.5, 0.6) is 23.0 Å². The molecule has 2 heterocycles. The third-order valence-electron chi connectivity index (χ3n) is 16.2. The number of carboxylic acid groups (broad SMARTS) is 1. The number of aromatic hydroxyl groups is 3. The largest absolute Gasteiger partial charge is 0.504 e. The molecule has 0 radical (unpaired) electrons. The molecule has 5 fully saturated rings. The highest BCUT2D eigenvalue weighted by atomic mass is 16.6. The van der Waals surface area contributed by atoms with E-state index in [2.05, 4.69) is 5.32 Å². The summed E-state index contributed by atoms with van der Waals surface area (Å²) in [6.07, 6.45) is 11.6. The highest BCUT2D eigenvalue weighted by molar-refractivity contribution is 6.01. The van der Waals surface area contributed by atoms with Gasteiger partial charge in [-0.25, -0.2) is 4.79 Å². The molecule has 5 aliphatic rings. The lowest BCUT2D eigenvalue weighted by atomic mass is 9.55. The maximum atomic E-state index is 15.5. The molecule has 2 saturated heterocycles. The van der Waals surface area contributed by atoms with Crippen molar-refractivity contribution in [1.29, 1.82) is 0 Å². The molecule has 384 valence electrons. The van der Waals surface area contributed by atoms with E-state index >= 15 is 4.79 Å². The number of hydrogen-bond acceptors (Lipinski definition) is 15. The average Bonchev–Trinajstić information content (AvgIpc) is 3.81. The molecule has 3 aliphatic carbocycles. The van der Waals surface area contributed by atoms with E-state index in [0.29, 0.717) is 18.4 Å². The van der Waals surface area contributed by atoms with Crippen molar-refractivity contribution >= 4 is 29.7 Å². The Bertz CT molecular complexity index is 2420. The van der Waals surface area contributed by atoms with Crippen LogP contribution in [0.3, 0.4) is 0 Å². The van der Waals surface area contributed by atoms with Gasteiger partial charge in [-0.2, -0.15) is 0 Å². The molecule has 0 aromatic heterocycles. The van der Waals surface area contributed by atoms with Crippen molar-refractivity contribution in [2.24, 2.45) is 28.9 Å². The summed E-state index contributed by atoms with van der Waals surface area (Å²) in [4.78, 5) is 43.3. The molecule has 9 atom stereocenters. The fourth-order valence-electron chi connectivity index (χ4n) is 12.7. The number of aliphatic hydroxyl groups is 3. The van der Waals surface area contributed by atoms with Gasteiger partial charge in [0.15, 0.2) is 40.2 Å². The van der Waals surface area contributed by atoms with Gasteiger partial charge < -0.3 is 65.7 Å². The zero-order chi connectivity index (χ0) is 50.4. The van der Waals surface area contributed by atoms with E-state index in [9.17, 15) is 45.3 Å². The van der Waals surface area contributed by atoms with Crippen LogP contribution in [0.4, 0.5) is 0 Å². The van der Waals surface area contributed by atoms with E-state index < -0.39 is 96.1 Å². The number of aryl methyl sites for hydroxylation is 1. The maximum absolute atomic E-state index is 15.5. The van der Waals surface area contributed by atoms with Crippen molar-refractivity contribution in [3.05, 3.63) is 95.1 Å². The smallest absolute Gasteiger partial charge is 0.336 e. The Balaban J connectivity index is 1.19. The number of rotatable bonds is 20. The molecule has 3 aromatic rings. The number of aliphatic carboxylic acids is 1. The van der Waals surface area contributed by atoms with Crippen molar-refractivity contribution in [3.8, 4) is 23.0 Å². The maximum Gasteiger partial charge on any atom is 0.336 e. The van der Waals surface area contributed by atoms with E-state index in [4.69, 9.17) is 24.7 Å². The summed E-state index contributed by atoms with van der Waals surface area (Å²) in [7, 11) is 0. The molecule has 16 heteroatoms. The van der Waals surface area contributed by atoms with Crippen LogP contribution >= 0.6 is 0 Å². The van der Waals surface area contributed by atoms with Gasteiger partial charge >= 0.3 is 5.97 Å². The number of carboxylic acids is 1. The average molecular weight is 983 g/mol. The van der Waals surface area contributed by atoms with Gasteiger partial charge in [0.25, 0.3) is 0 Å². The molecule has 8 rings (SSSR count). The molecule has 16 nitrogen and oxygen atoms in total. The van der Waals surface area contributed by atoms with E-state index in [1.165, 1.54) is 48.6 Å². The minimum absolute atomic E-state index is 0.00557. The van der Waals surface area contributed by atoms with Gasteiger partial charge in [0.05, 0.1) is 19.3 Å². The molecule has 3 saturated carbocycles. The minimum atomic E-state index is -2.28. The topological polar surface area (TPSA) is 268 Å². The fraction of sp³-hybridized carbons (Fsp3) is 0.545. The van der Waals surface area contributed by atoms with Crippen LogP contribution in [0, 0.1) is 23.2 Å². The Hall–Kier alpha value is -5.17. The molecule has 2 bridgehead atoms. The molecular weight excluding hydrogens is 913 g/mol. The van der Waals surface area contributed by atoms with Crippen molar-refractivity contribution in [2.45, 2.75) is 125 Å². The Kier molecular flexibility index (Phi) is 16.4. The Morgan fingerprint density at radius 2 is 1.65 bits per heavy atom. The lowest BCUT2D eigenvalue weighted by Gasteiger charge is -2.65. The molecule has 1 spiro atoms. The van der Waals surface area contributed by atoms with Crippen LogP contribution in [-0.2, 0) is 41.6 Å². The summed E-state index contributed by atoms with van der Waals surface area (Å²) < 4.78 is 26.2. The first-order chi connectivity index (χ1) is 34.2. The number of nitrogens with one attached hydrogen (secondary N) is 1. The highest BCUT2D eigenvalue weighted by Gasteiger charge is 2.73. The Morgan fingerprint density at radius 3 is 2.37 bits per heavy atom. The van der Waals surface area contributed by atoms with Gasteiger partial charge in [-0.05, 0) is 128 Å². The predicted octanol–water partition coefficient (Wildman–Crippen LogP) is 5.36.